The van der Waals surface area contributed by atoms with Crippen LogP contribution in [-0.2, 0) is 0 Å². The third-order valence-corrected chi connectivity index (χ3v) is 2.24. The van der Waals surface area contributed by atoms with Crippen molar-refractivity contribution in [2.45, 2.75) is 18.9 Å². The lowest BCUT2D eigenvalue weighted by molar-refractivity contribution is 0.316. The highest BCUT2D eigenvalue weighted by atomic mass is 16.5. The van der Waals surface area contributed by atoms with Crippen LogP contribution in [0.2, 0.25) is 0 Å². The van der Waals surface area contributed by atoms with Gasteiger partial charge < -0.3 is 10.5 Å². The summed E-state index contributed by atoms with van der Waals surface area (Å²) in [5, 5.41) is 0. The molecular formula is C10H13NO. The largest absolute Gasteiger partial charge is 0.493 e. The molecule has 2 rings (SSSR count). The van der Waals surface area contributed by atoms with Crippen LogP contribution in [0.15, 0.2) is 24.3 Å². The van der Waals surface area contributed by atoms with Gasteiger partial charge in [-0.25, -0.2) is 0 Å². The fourth-order valence-corrected chi connectivity index (χ4v) is 1.56. The van der Waals surface area contributed by atoms with Crippen molar-refractivity contribution in [1.82, 2.24) is 0 Å². The van der Waals surface area contributed by atoms with Gasteiger partial charge in [0.1, 0.15) is 5.75 Å². The van der Waals surface area contributed by atoms with Gasteiger partial charge in [0.2, 0.25) is 0 Å². The van der Waals surface area contributed by atoms with Crippen LogP contribution in [0.5, 0.6) is 5.75 Å². The molecule has 0 bridgehead atoms. The second-order valence-electron chi connectivity index (χ2n) is 3.14. The van der Waals surface area contributed by atoms with Crippen LogP contribution in [0.25, 0.3) is 0 Å². The zero-order valence-corrected chi connectivity index (χ0v) is 6.99. The molecule has 1 aromatic rings. The molecule has 2 nitrogen and oxygen atoms in total. The van der Waals surface area contributed by atoms with Gasteiger partial charge in [-0.1, -0.05) is 18.2 Å². The Hall–Kier alpha value is -1.02. The van der Waals surface area contributed by atoms with Crippen LogP contribution in [0.1, 0.15) is 24.4 Å². The predicted octanol–water partition coefficient (Wildman–Crippen LogP) is 1.86. The van der Waals surface area contributed by atoms with E-state index in [0.717, 1.165) is 30.8 Å². The van der Waals surface area contributed by atoms with E-state index in [2.05, 4.69) is 0 Å². The first-order valence-electron chi connectivity index (χ1n) is 4.35. The van der Waals surface area contributed by atoms with Crippen LogP contribution < -0.4 is 10.5 Å². The average molecular weight is 163 g/mol. The number of hydrogen-bond donors (Lipinski definition) is 1. The van der Waals surface area contributed by atoms with Gasteiger partial charge >= 0.3 is 0 Å². The quantitative estimate of drug-likeness (QED) is 0.633. The zero-order valence-electron chi connectivity index (χ0n) is 6.99. The summed E-state index contributed by atoms with van der Waals surface area (Å²) in [6.45, 7) is 0.796. The third-order valence-electron chi connectivity index (χ3n) is 2.24. The monoisotopic (exact) mass is 163 g/mol. The normalized spacial score (nSPS) is 22.2. The lowest BCUT2D eigenvalue weighted by Gasteiger charge is -2.10. The molecule has 1 heterocycles. The molecule has 1 aliphatic rings. The first kappa shape index (κ1) is 7.62. The van der Waals surface area contributed by atoms with Gasteiger partial charge in [0, 0.05) is 11.6 Å². The van der Waals surface area contributed by atoms with E-state index in [9.17, 15) is 0 Å². The number of para-hydroxylation sites is 1. The van der Waals surface area contributed by atoms with Gasteiger partial charge in [0.25, 0.3) is 0 Å². The van der Waals surface area contributed by atoms with Crippen molar-refractivity contribution in [3.8, 4) is 5.75 Å². The zero-order chi connectivity index (χ0) is 8.39. The Morgan fingerprint density at radius 1 is 1.33 bits per heavy atom. The number of hydrogen-bond acceptors (Lipinski definition) is 2. The van der Waals surface area contributed by atoms with Crippen LogP contribution in [0, 0.1) is 0 Å². The number of fused-ring (bicyclic) bond motifs is 1. The van der Waals surface area contributed by atoms with Crippen molar-refractivity contribution >= 4 is 0 Å². The molecule has 0 amide bonds. The topological polar surface area (TPSA) is 35.2 Å². The van der Waals surface area contributed by atoms with Crippen LogP contribution in [0.4, 0.5) is 0 Å². The summed E-state index contributed by atoms with van der Waals surface area (Å²) in [5.41, 5.74) is 7.11. The standard InChI is InChI=1S/C10H13NO/c11-9-5-3-7-12-10-6-2-1-4-8(9)10/h1-2,4,6,9H,3,5,7,11H2/t9-/m0/s1. The summed E-state index contributed by atoms with van der Waals surface area (Å²) in [5.74, 6) is 0.961. The van der Waals surface area contributed by atoms with Crippen LogP contribution in [-0.4, -0.2) is 6.61 Å². The average Bonchev–Trinajstić information content (AvgIpc) is 2.29. The molecule has 1 atom stereocenters. The Morgan fingerprint density at radius 2 is 2.17 bits per heavy atom. The van der Waals surface area contributed by atoms with Crippen molar-refractivity contribution in [2.24, 2.45) is 5.73 Å². The van der Waals surface area contributed by atoms with E-state index in [0.29, 0.717) is 0 Å². The third kappa shape index (κ3) is 1.30. The molecule has 1 aliphatic heterocycles. The molecule has 12 heavy (non-hydrogen) atoms. The van der Waals surface area contributed by atoms with Crippen LogP contribution >= 0.6 is 0 Å². The summed E-state index contributed by atoms with van der Waals surface area (Å²) >= 11 is 0. The van der Waals surface area contributed by atoms with Crippen molar-refractivity contribution in [1.29, 1.82) is 0 Å². The van der Waals surface area contributed by atoms with Gasteiger partial charge in [-0.3, -0.25) is 0 Å². The Kier molecular flexibility index (Phi) is 2.00. The second-order valence-corrected chi connectivity index (χ2v) is 3.14. The minimum absolute atomic E-state index is 0.156. The van der Waals surface area contributed by atoms with Crippen molar-refractivity contribution in [3.05, 3.63) is 29.8 Å². The highest BCUT2D eigenvalue weighted by Gasteiger charge is 2.14. The molecule has 2 N–H and O–H groups in total. The van der Waals surface area contributed by atoms with E-state index in [4.69, 9.17) is 10.5 Å². The summed E-state index contributed by atoms with van der Waals surface area (Å²) in [6.07, 6.45) is 2.08. The molecule has 0 spiro atoms. The Balaban J connectivity index is 2.39. The van der Waals surface area contributed by atoms with Gasteiger partial charge in [-0.2, -0.15) is 0 Å². The highest BCUT2D eigenvalue weighted by Crippen LogP contribution is 2.28. The maximum atomic E-state index is 5.97. The fourth-order valence-electron chi connectivity index (χ4n) is 1.56. The molecule has 64 valence electrons. The number of benzene rings is 1. The highest BCUT2D eigenvalue weighted by molar-refractivity contribution is 5.36. The lowest BCUT2D eigenvalue weighted by atomic mass is 10.0. The van der Waals surface area contributed by atoms with E-state index in [-0.39, 0.29) is 6.04 Å². The maximum Gasteiger partial charge on any atom is 0.124 e. The van der Waals surface area contributed by atoms with E-state index >= 15 is 0 Å². The first-order valence-corrected chi connectivity index (χ1v) is 4.35. The summed E-state index contributed by atoms with van der Waals surface area (Å²) in [6, 6.07) is 8.18. The maximum absolute atomic E-state index is 5.97. The van der Waals surface area contributed by atoms with E-state index < -0.39 is 0 Å². The van der Waals surface area contributed by atoms with Crippen molar-refractivity contribution < 1.29 is 4.74 Å². The van der Waals surface area contributed by atoms with Crippen molar-refractivity contribution in [2.75, 3.05) is 6.61 Å². The second kappa shape index (κ2) is 3.15. The Labute approximate surface area is 72.3 Å². The minimum atomic E-state index is 0.156. The molecule has 0 saturated heterocycles. The van der Waals surface area contributed by atoms with E-state index in [1.165, 1.54) is 0 Å². The SMILES string of the molecule is N[C@H]1CCCOc2ccccc21. The molecule has 0 radical (unpaired) electrons. The summed E-state index contributed by atoms with van der Waals surface area (Å²) in [4.78, 5) is 0. The van der Waals surface area contributed by atoms with Gasteiger partial charge in [-0.15, -0.1) is 0 Å². The summed E-state index contributed by atoms with van der Waals surface area (Å²) < 4.78 is 5.54. The lowest BCUT2D eigenvalue weighted by Crippen LogP contribution is -2.08. The Bertz CT molecular complexity index is 272. The molecule has 2 heteroatoms. The smallest absolute Gasteiger partial charge is 0.124 e. The summed E-state index contributed by atoms with van der Waals surface area (Å²) in [7, 11) is 0. The van der Waals surface area contributed by atoms with Gasteiger partial charge in [0.05, 0.1) is 6.61 Å². The number of rotatable bonds is 0. The fraction of sp³-hybridized carbons (Fsp3) is 0.400. The molecule has 0 fully saturated rings. The number of nitrogens with two attached hydrogens (primary N) is 1. The van der Waals surface area contributed by atoms with Crippen LogP contribution in [0.3, 0.4) is 0 Å². The molecule has 0 aromatic heterocycles. The minimum Gasteiger partial charge on any atom is -0.493 e. The number of ether oxygens (including phenoxy) is 1. The molecule has 0 aliphatic carbocycles. The van der Waals surface area contributed by atoms with Crippen molar-refractivity contribution in [3.63, 3.8) is 0 Å². The van der Waals surface area contributed by atoms with Gasteiger partial charge in [-0.05, 0) is 18.9 Å². The van der Waals surface area contributed by atoms with Gasteiger partial charge in [0.15, 0.2) is 0 Å². The molecule has 0 unspecified atom stereocenters. The molecule has 1 aromatic carbocycles. The van der Waals surface area contributed by atoms with E-state index in [1.54, 1.807) is 0 Å². The predicted molar refractivity (Wildman–Crippen MR) is 48.1 cm³/mol. The first-order chi connectivity index (χ1) is 5.88. The molecule has 0 saturated carbocycles. The van der Waals surface area contributed by atoms with E-state index in [1.807, 2.05) is 24.3 Å². The Morgan fingerprint density at radius 3 is 3.08 bits per heavy atom. The molecular weight excluding hydrogens is 150 g/mol.